The standard InChI is InChI=1S/C20H22N4O4/c1-13(25)22-18-9-14(3-4-21-18)17-12-23(2)20(26)16-10-15(28-19(16)17)11-24-5-7-27-8-6-24/h3-4,9-10,12H,5-8,11H2,1-2H3,(H,21,22,25). The maximum Gasteiger partial charge on any atom is 0.261 e. The fourth-order valence-electron chi connectivity index (χ4n) is 3.41. The molecule has 1 amide bonds. The van der Waals surface area contributed by atoms with Gasteiger partial charge in [-0.1, -0.05) is 0 Å². The number of hydrogen-bond acceptors (Lipinski definition) is 6. The molecule has 1 aliphatic heterocycles. The molecule has 0 aromatic carbocycles. The Morgan fingerprint density at radius 3 is 2.82 bits per heavy atom. The Morgan fingerprint density at radius 1 is 1.29 bits per heavy atom. The molecule has 1 N–H and O–H groups in total. The second-order valence-electron chi connectivity index (χ2n) is 6.91. The van der Waals surface area contributed by atoms with Gasteiger partial charge in [-0.3, -0.25) is 14.5 Å². The molecule has 0 atom stereocenters. The van der Waals surface area contributed by atoms with Crippen LogP contribution in [0.5, 0.6) is 0 Å². The van der Waals surface area contributed by atoms with Crippen LogP contribution < -0.4 is 10.9 Å². The van der Waals surface area contributed by atoms with E-state index in [0.717, 1.165) is 30.0 Å². The van der Waals surface area contributed by atoms with Crippen molar-refractivity contribution in [1.29, 1.82) is 0 Å². The Balaban J connectivity index is 1.77. The Kier molecular flexibility index (Phi) is 4.97. The number of carbonyl (C=O) groups is 1. The van der Waals surface area contributed by atoms with Crippen molar-refractivity contribution >= 4 is 22.7 Å². The average molecular weight is 382 g/mol. The van der Waals surface area contributed by atoms with Crippen molar-refractivity contribution in [1.82, 2.24) is 14.5 Å². The molecule has 0 radical (unpaired) electrons. The van der Waals surface area contributed by atoms with E-state index in [9.17, 15) is 9.59 Å². The highest BCUT2D eigenvalue weighted by Crippen LogP contribution is 2.30. The van der Waals surface area contributed by atoms with Gasteiger partial charge in [0.1, 0.15) is 17.2 Å². The van der Waals surface area contributed by atoms with E-state index < -0.39 is 0 Å². The van der Waals surface area contributed by atoms with E-state index >= 15 is 0 Å². The number of hydrogen-bond donors (Lipinski definition) is 1. The molecule has 3 aromatic rings. The van der Waals surface area contributed by atoms with Gasteiger partial charge in [0.25, 0.3) is 5.56 Å². The van der Waals surface area contributed by atoms with Gasteiger partial charge in [0.15, 0.2) is 0 Å². The van der Waals surface area contributed by atoms with Gasteiger partial charge in [0, 0.05) is 45.0 Å². The van der Waals surface area contributed by atoms with Crippen LogP contribution in [-0.2, 0) is 23.1 Å². The third-order valence-electron chi connectivity index (χ3n) is 4.76. The Morgan fingerprint density at radius 2 is 2.07 bits per heavy atom. The topological polar surface area (TPSA) is 89.6 Å². The Hall–Kier alpha value is -2.97. The second-order valence-corrected chi connectivity index (χ2v) is 6.91. The molecule has 3 aromatic heterocycles. The summed E-state index contributed by atoms with van der Waals surface area (Å²) in [6.45, 7) is 5.16. The molecule has 1 aliphatic rings. The van der Waals surface area contributed by atoms with Crippen LogP contribution in [0.3, 0.4) is 0 Å². The average Bonchev–Trinajstić information content (AvgIpc) is 3.09. The van der Waals surface area contributed by atoms with Crippen LogP contribution in [0.25, 0.3) is 22.1 Å². The molecule has 8 heteroatoms. The maximum atomic E-state index is 12.6. The van der Waals surface area contributed by atoms with Crippen LogP contribution in [0.15, 0.2) is 39.8 Å². The third-order valence-corrected chi connectivity index (χ3v) is 4.76. The molecule has 8 nitrogen and oxygen atoms in total. The molecular weight excluding hydrogens is 360 g/mol. The van der Waals surface area contributed by atoms with Gasteiger partial charge in [-0.2, -0.15) is 0 Å². The molecule has 28 heavy (non-hydrogen) atoms. The smallest absolute Gasteiger partial charge is 0.261 e. The monoisotopic (exact) mass is 382 g/mol. The molecule has 0 spiro atoms. The van der Waals surface area contributed by atoms with Gasteiger partial charge in [-0.25, -0.2) is 4.98 Å². The van der Waals surface area contributed by atoms with Crippen molar-refractivity contribution in [2.45, 2.75) is 13.5 Å². The number of fused-ring (bicyclic) bond motifs is 1. The summed E-state index contributed by atoms with van der Waals surface area (Å²) in [6.07, 6.45) is 3.37. The lowest BCUT2D eigenvalue weighted by Gasteiger charge is -2.25. The van der Waals surface area contributed by atoms with Crippen molar-refractivity contribution in [2.75, 3.05) is 31.6 Å². The zero-order valence-electron chi connectivity index (χ0n) is 15.9. The first-order valence-corrected chi connectivity index (χ1v) is 9.17. The number of ether oxygens (including phenoxy) is 1. The number of furan rings is 1. The van der Waals surface area contributed by atoms with Gasteiger partial charge < -0.3 is 19.0 Å². The maximum absolute atomic E-state index is 12.6. The zero-order chi connectivity index (χ0) is 19.7. The van der Waals surface area contributed by atoms with E-state index in [2.05, 4.69) is 15.2 Å². The van der Waals surface area contributed by atoms with Gasteiger partial charge in [0.05, 0.1) is 25.1 Å². The summed E-state index contributed by atoms with van der Waals surface area (Å²) < 4.78 is 13.0. The number of rotatable bonds is 4. The minimum absolute atomic E-state index is 0.105. The molecule has 0 unspecified atom stereocenters. The fourth-order valence-corrected chi connectivity index (χ4v) is 3.41. The molecule has 146 valence electrons. The SMILES string of the molecule is CC(=O)Nc1cc(-c2cn(C)c(=O)c3cc(CN4CCOCC4)oc23)ccn1. The van der Waals surface area contributed by atoms with Crippen molar-refractivity contribution in [3.8, 4) is 11.1 Å². The van der Waals surface area contributed by atoms with Gasteiger partial charge >= 0.3 is 0 Å². The summed E-state index contributed by atoms with van der Waals surface area (Å²) in [5, 5.41) is 3.22. The summed E-state index contributed by atoms with van der Waals surface area (Å²) >= 11 is 0. The summed E-state index contributed by atoms with van der Waals surface area (Å²) in [5.41, 5.74) is 2.03. The molecule has 1 fully saturated rings. The number of aryl methyl sites for hydroxylation is 1. The van der Waals surface area contributed by atoms with Crippen molar-refractivity contribution in [3.63, 3.8) is 0 Å². The Labute approximate surface area is 161 Å². The summed E-state index contributed by atoms with van der Waals surface area (Å²) in [5.74, 6) is 1.01. The predicted molar refractivity (Wildman–Crippen MR) is 105 cm³/mol. The quantitative estimate of drug-likeness (QED) is 0.742. The lowest BCUT2D eigenvalue weighted by molar-refractivity contribution is -0.114. The van der Waals surface area contributed by atoms with Crippen LogP contribution in [0.4, 0.5) is 5.82 Å². The number of carbonyl (C=O) groups excluding carboxylic acids is 1. The molecule has 4 heterocycles. The van der Waals surface area contributed by atoms with Crippen LogP contribution in [0.1, 0.15) is 12.7 Å². The van der Waals surface area contributed by atoms with E-state index in [1.54, 1.807) is 30.1 Å². The molecule has 0 bridgehead atoms. The largest absolute Gasteiger partial charge is 0.459 e. The van der Waals surface area contributed by atoms with E-state index in [1.165, 1.54) is 6.92 Å². The second kappa shape index (κ2) is 7.57. The van der Waals surface area contributed by atoms with E-state index in [0.29, 0.717) is 36.5 Å². The van der Waals surface area contributed by atoms with Crippen LogP contribution in [-0.4, -0.2) is 46.7 Å². The van der Waals surface area contributed by atoms with E-state index in [1.807, 2.05) is 12.1 Å². The van der Waals surface area contributed by atoms with Crippen molar-refractivity contribution in [2.24, 2.45) is 7.05 Å². The van der Waals surface area contributed by atoms with Crippen molar-refractivity contribution in [3.05, 3.63) is 46.7 Å². The highest BCUT2D eigenvalue weighted by Gasteiger charge is 2.18. The van der Waals surface area contributed by atoms with Crippen molar-refractivity contribution < 1.29 is 13.9 Å². The van der Waals surface area contributed by atoms with Crippen LogP contribution in [0, 0.1) is 0 Å². The summed E-state index contributed by atoms with van der Waals surface area (Å²) in [6, 6.07) is 5.42. The normalized spacial score (nSPS) is 15.1. The zero-order valence-corrected chi connectivity index (χ0v) is 15.9. The molecule has 4 rings (SSSR count). The van der Waals surface area contributed by atoms with E-state index in [-0.39, 0.29) is 11.5 Å². The Bertz CT molecular complexity index is 1080. The highest BCUT2D eigenvalue weighted by molar-refractivity contribution is 5.93. The first-order valence-electron chi connectivity index (χ1n) is 9.17. The van der Waals surface area contributed by atoms with Crippen LogP contribution in [0.2, 0.25) is 0 Å². The number of pyridine rings is 2. The summed E-state index contributed by atoms with van der Waals surface area (Å²) in [4.78, 5) is 30.4. The van der Waals surface area contributed by atoms with E-state index in [4.69, 9.17) is 9.15 Å². The minimum Gasteiger partial charge on any atom is -0.459 e. The number of nitrogens with one attached hydrogen (secondary N) is 1. The number of morpholine rings is 1. The van der Waals surface area contributed by atoms with Gasteiger partial charge in [-0.15, -0.1) is 0 Å². The fraction of sp³-hybridized carbons (Fsp3) is 0.350. The van der Waals surface area contributed by atoms with Gasteiger partial charge in [0.2, 0.25) is 5.91 Å². The predicted octanol–water partition coefficient (Wildman–Crippen LogP) is 1.98. The van der Waals surface area contributed by atoms with Gasteiger partial charge in [-0.05, 0) is 23.8 Å². The minimum atomic E-state index is -0.193. The number of nitrogens with zero attached hydrogens (tertiary/aromatic N) is 3. The molecule has 0 aliphatic carbocycles. The lowest BCUT2D eigenvalue weighted by Crippen LogP contribution is -2.35. The number of aromatic nitrogens is 2. The molecular formula is C20H22N4O4. The number of anilines is 1. The number of amides is 1. The third kappa shape index (κ3) is 3.69. The molecule has 0 saturated carbocycles. The first-order chi connectivity index (χ1) is 13.5. The highest BCUT2D eigenvalue weighted by atomic mass is 16.5. The summed E-state index contributed by atoms with van der Waals surface area (Å²) in [7, 11) is 1.72. The van der Waals surface area contributed by atoms with Crippen LogP contribution >= 0.6 is 0 Å². The lowest BCUT2D eigenvalue weighted by atomic mass is 10.1. The molecule has 1 saturated heterocycles. The first kappa shape index (κ1) is 18.4.